The second-order valence-corrected chi connectivity index (χ2v) is 4.25. The topological polar surface area (TPSA) is 48.6 Å². The Bertz CT molecular complexity index is 577. The van der Waals surface area contributed by atoms with Gasteiger partial charge in [0.25, 0.3) is 0 Å². The first-order chi connectivity index (χ1) is 5.98. The van der Waals surface area contributed by atoms with Gasteiger partial charge in [-0.1, -0.05) is 38.2 Å². The molecule has 1 aromatic heterocycles. The molecule has 0 unspecified atom stereocenters. The summed E-state index contributed by atoms with van der Waals surface area (Å²) in [5.41, 5.74) is -0.264. The van der Waals surface area contributed by atoms with Crippen molar-refractivity contribution in [3.8, 4) is 0 Å². The summed E-state index contributed by atoms with van der Waals surface area (Å²) in [7, 11) is 0. The summed E-state index contributed by atoms with van der Waals surface area (Å²) in [5, 5.41) is 1.76. The van der Waals surface area contributed by atoms with E-state index in [-0.39, 0.29) is 11.1 Å². The summed E-state index contributed by atoms with van der Waals surface area (Å²) in [6, 6.07) is 0. The predicted molar refractivity (Wildman–Crippen MR) is 54.2 cm³/mol. The van der Waals surface area contributed by atoms with E-state index in [2.05, 4.69) is 29.9 Å². The third-order valence-electron chi connectivity index (χ3n) is 2.04. The molecule has 0 aliphatic heterocycles. The van der Waals surface area contributed by atoms with E-state index in [1.807, 2.05) is 6.08 Å². The maximum absolute atomic E-state index is 11.0. The minimum atomic E-state index is -0.244. The molecule has 2 rings (SSSR count). The maximum Gasteiger partial charge on any atom is 0.324 e. The molecule has 4 heteroatoms. The lowest BCUT2D eigenvalue weighted by Crippen LogP contribution is -2.34. The number of H-pyrrole nitrogens is 2. The molecule has 13 heavy (non-hydrogen) atoms. The molecule has 3 nitrogen and oxygen atoms in total. The third kappa shape index (κ3) is 1.37. The van der Waals surface area contributed by atoms with E-state index in [9.17, 15) is 4.79 Å². The van der Waals surface area contributed by atoms with Gasteiger partial charge in [-0.15, -0.1) is 0 Å². The van der Waals surface area contributed by atoms with Gasteiger partial charge in [0.15, 0.2) is 0 Å². The lowest BCUT2D eigenvalue weighted by molar-refractivity contribution is 0.723. The van der Waals surface area contributed by atoms with Gasteiger partial charge in [0.05, 0.1) is 0 Å². The van der Waals surface area contributed by atoms with Crippen LogP contribution in [0.2, 0.25) is 0 Å². The van der Waals surface area contributed by atoms with Crippen molar-refractivity contribution in [3.05, 3.63) is 25.7 Å². The Hall–Kier alpha value is -1.16. The summed E-state index contributed by atoms with van der Waals surface area (Å²) in [5.74, 6) is 0. The average molecular weight is 194 g/mol. The highest BCUT2D eigenvalue weighted by Crippen LogP contribution is 2.19. The van der Waals surface area contributed by atoms with E-state index >= 15 is 0 Å². The van der Waals surface area contributed by atoms with Crippen molar-refractivity contribution in [2.75, 3.05) is 0 Å². The summed E-state index contributed by atoms with van der Waals surface area (Å²) >= 11 is 5.04. The van der Waals surface area contributed by atoms with E-state index in [0.717, 1.165) is 10.6 Å². The molecular weight excluding hydrogens is 184 g/mol. The molecule has 0 bridgehead atoms. The summed E-state index contributed by atoms with van der Waals surface area (Å²) in [4.78, 5) is 16.3. The quantitative estimate of drug-likeness (QED) is 0.573. The average Bonchev–Trinajstić information content (AvgIpc) is 2.23. The van der Waals surface area contributed by atoms with Crippen LogP contribution in [0.4, 0.5) is 0 Å². The Morgan fingerprint density at radius 2 is 2.00 bits per heavy atom. The van der Waals surface area contributed by atoms with Gasteiger partial charge in [0.1, 0.15) is 4.64 Å². The fourth-order valence-corrected chi connectivity index (χ4v) is 1.82. The highest BCUT2D eigenvalue weighted by Gasteiger charge is 2.15. The number of aromatic amines is 2. The van der Waals surface area contributed by atoms with Gasteiger partial charge in [0, 0.05) is 16.0 Å². The molecule has 2 N–H and O–H groups in total. The van der Waals surface area contributed by atoms with Crippen LogP contribution >= 0.6 is 12.2 Å². The number of hydrogen-bond donors (Lipinski definition) is 2. The highest BCUT2D eigenvalue weighted by molar-refractivity contribution is 7.71. The second kappa shape index (κ2) is 2.42. The van der Waals surface area contributed by atoms with Crippen molar-refractivity contribution in [3.63, 3.8) is 0 Å². The third-order valence-corrected chi connectivity index (χ3v) is 2.36. The Morgan fingerprint density at radius 1 is 1.31 bits per heavy atom. The second-order valence-electron chi connectivity index (χ2n) is 3.85. The van der Waals surface area contributed by atoms with Crippen LogP contribution in [0, 0.1) is 10.1 Å². The number of aromatic nitrogens is 2. The Kier molecular flexibility index (Phi) is 1.57. The van der Waals surface area contributed by atoms with E-state index in [4.69, 9.17) is 12.2 Å². The molecule has 0 radical (unpaired) electrons. The lowest BCUT2D eigenvalue weighted by Gasteiger charge is -2.08. The Balaban J connectivity index is 3.02. The highest BCUT2D eigenvalue weighted by atomic mass is 32.1. The first kappa shape index (κ1) is 8.44. The van der Waals surface area contributed by atoms with Gasteiger partial charge >= 0.3 is 5.69 Å². The van der Waals surface area contributed by atoms with Crippen LogP contribution in [0.15, 0.2) is 4.79 Å². The Labute approximate surface area is 79.8 Å². The van der Waals surface area contributed by atoms with Gasteiger partial charge in [-0.2, -0.15) is 0 Å². The molecule has 0 amide bonds. The smallest absolute Gasteiger partial charge is 0.307 e. The van der Waals surface area contributed by atoms with E-state index < -0.39 is 0 Å². The standard InChI is InChI=1S/C9H10N2OS/c1-9(2)3-5-6(4-9)10-8(12)11-7(5)13/h3-4H,1-2H3,(H2,10,11,12,13). The first-order valence-corrected chi connectivity index (χ1v) is 4.47. The van der Waals surface area contributed by atoms with Crippen molar-refractivity contribution in [2.45, 2.75) is 13.8 Å². The molecule has 0 spiro atoms. The van der Waals surface area contributed by atoms with Gasteiger partial charge in [-0.05, 0) is 0 Å². The number of fused-ring (bicyclic) bond motifs is 1. The molecule has 1 aromatic rings. The van der Waals surface area contributed by atoms with Crippen LogP contribution in [0.5, 0.6) is 0 Å². The lowest BCUT2D eigenvalue weighted by atomic mass is 9.96. The minimum absolute atomic E-state index is 0.0198. The molecule has 1 aliphatic carbocycles. The molecule has 0 aromatic carbocycles. The fourth-order valence-electron chi connectivity index (χ4n) is 1.56. The van der Waals surface area contributed by atoms with Crippen molar-refractivity contribution in [2.24, 2.45) is 5.41 Å². The molecule has 1 heterocycles. The molecule has 1 aliphatic rings. The normalized spacial score (nSPS) is 17.4. The zero-order chi connectivity index (χ0) is 9.64. The van der Waals surface area contributed by atoms with Gasteiger partial charge in [-0.25, -0.2) is 4.79 Å². The molecule has 0 saturated heterocycles. The molecule has 0 atom stereocenters. The zero-order valence-corrected chi connectivity index (χ0v) is 8.29. The van der Waals surface area contributed by atoms with Gasteiger partial charge < -0.3 is 4.98 Å². The first-order valence-electron chi connectivity index (χ1n) is 4.06. The SMILES string of the molecule is CC1(C)C=c2[nH]c(=O)[nH]c(=S)c2=C1. The fraction of sp³-hybridized carbons (Fsp3) is 0.333. The minimum Gasteiger partial charge on any atom is -0.307 e. The van der Waals surface area contributed by atoms with E-state index in [1.54, 1.807) is 0 Å². The number of rotatable bonds is 0. The summed E-state index contributed by atoms with van der Waals surface area (Å²) < 4.78 is 0.514. The van der Waals surface area contributed by atoms with Crippen molar-refractivity contribution >= 4 is 24.4 Å². The Morgan fingerprint density at radius 3 is 2.69 bits per heavy atom. The zero-order valence-electron chi connectivity index (χ0n) is 7.47. The molecular formula is C9H10N2OS. The molecule has 0 fully saturated rings. The van der Waals surface area contributed by atoms with Crippen LogP contribution in [0.1, 0.15) is 13.8 Å². The van der Waals surface area contributed by atoms with E-state index in [0.29, 0.717) is 4.64 Å². The predicted octanol–water partition coefficient (Wildman–Crippen LogP) is 0.0333. The van der Waals surface area contributed by atoms with Gasteiger partial charge in [0.2, 0.25) is 0 Å². The molecule has 0 saturated carbocycles. The number of nitrogens with one attached hydrogen (secondary N) is 2. The largest absolute Gasteiger partial charge is 0.324 e. The van der Waals surface area contributed by atoms with Crippen LogP contribution in [0.25, 0.3) is 12.2 Å². The monoisotopic (exact) mass is 194 g/mol. The maximum atomic E-state index is 11.0. The van der Waals surface area contributed by atoms with Crippen molar-refractivity contribution in [1.82, 2.24) is 9.97 Å². The van der Waals surface area contributed by atoms with Crippen LogP contribution in [0.3, 0.4) is 0 Å². The summed E-state index contributed by atoms with van der Waals surface area (Å²) in [6.07, 6.45) is 4.06. The van der Waals surface area contributed by atoms with Crippen molar-refractivity contribution in [1.29, 1.82) is 0 Å². The number of hydrogen-bond acceptors (Lipinski definition) is 2. The van der Waals surface area contributed by atoms with Crippen molar-refractivity contribution < 1.29 is 0 Å². The van der Waals surface area contributed by atoms with Crippen LogP contribution in [-0.4, -0.2) is 9.97 Å². The molecule has 68 valence electrons. The van der Waals surface area contributed by atoms with Crippen LogP contribution < -0.4 is 16.3 Å². The van der Waals surface area contributed by atoms with Gasteiger partial charge in [-0.3, -0.25) is 4.98 Å². The summed E-state index contributed by atoms with van der Waals surface area (Å²) in [6.45, 7) is 4.14. The van der Waals surface area contributed by atoms with E-state index in [1.165, 1.54) is 0 Å². The van der Waals surface area contributed by atoms with Crippen LogP contribution in [-0.2, 0) is 0 Å².